The van der Waals surface area contributed by atoms with Gasteiger partial charge in [-0.3, -0.25) is 4.79 Å². The molecule has 0 aliphatic rings. The minimum absolute atomic E-state index is 0.298. The summed E-state index contributed by atoms with van der Waals surface area (Å²) >= 11 is 0. The highest BCUT2D eigenvalue weighted by Gasteiger charge is 2.13. The molecule has 1 N–H and O–H groups in total. The van der Waals surface area contributed by atoms with Crippen LogP contribution in [0.5, 0.6) is 5.75 Å². The fourth-order valence-corrected chi connectivity index (χ4v) is 1.71. The number of nitrogens with one attached hydrogen (secondary N) is 1. The molecule has 0 unspecified atom stereocenters. The van der Waals surface area contributed by atoms with Gasteiger partial charge >= 0.3 is 0 Å². The van der Waals surface area contributed by atoms with E-state index in [-0.39, 0.29) is 5.91 Å². The van der Waals surface area contributed by atoms with Crippen LogP contribution < -0.4 is 10.2 Å². The fourth-order valence-electron chi connectivity index (χ4n) is 1.71. The van der Waals surface area contributed by atoms with E-state index in [1.165, 1.54) is 6.21 Å². The largest absolute Gasteiger partial charge is 0.481 e. The molecular weight excluding hydrogens is 276 g/mol. The Morgan fingerprint density at radius 3 is 2.41 bits per heavy atom. The average molecular weight is 294 g/mol. The first-order chi connectivity index (χ1) is 10.8. The first-order valence-electron chi connectivity index (χ1n) is 7.02. The van der Waals surface area contributed by atoms with E-state index in [1.54, 1.807) is 25.1 Å². The predicted octanol–water partition coefficient (Wildman–Crippen LogP) is 3.27. The first kappa shape index (κ1) is 15.5. The molecule has 22 heavy (non-hydrogen) atoms. The van der Waals surface area contributed by atoms with Gasteiger partial charge in [0.15, 0.2) is 6.10 Å². The minimum atomic E-state index is -0.613. The molecule has 0 radical (unpaired) electrons. The number of amides is 1. The Kier molecular flexibility index (Phi) is 5.93. The van der Waals surface area contributed by atoms with Gasteiger partial charge in [-0.1, -0.05) is 54.6 Å². The van der Waals surface area contributed by atoms with Gasteiger partial charge in [0.25, 0.3) is 5.91 Å². The van der Waals surface area contributed by atoms with Crippen LogP contribution in [0.3, 0.4) is 0 Å². The second kappa shape index (κ2) is 8.42. The molecule has 0 saturated carbocycles. The number of ether oxygens (including phenoxy) is 1. The summed E-state index contributed by atoms with van der Waals surface area (Å²) in [7, 11) is 0. The summed E-state index contributed by atoms with van der Waals surface area (Å²) in [6.45, 7) is 1.68. The van der Waals surface area contributed by atoms with Gasteiger partial charge in [0.05, 0.1) is 0 Å². The van der Waals surface area contributed by atoms with Gasteiger partial charge in [-0.25, -0.2) is 5.43 Å². The Labute approximate surface area is 130 Å². The number of nitrogens with zero attached hydrogens (tertiary/aromatic N) is 1. The maximum Gasteiger partial charge on any atom is 0.280 e. The number of allylic oxidation sites excluding steroid dienone is 1. The molecule has 0 fully saturated rings. The van der Waals surface area contributed by atoms with Crippen LogP contribution in [0.1, 0.15) is 12.5 Å². The maximum absolute atomic E-state index is 11.8. The molecule has 0 aromatic heterocycles. The Hall–Kier alpha value is -2.88. The van der Waals surface area contributed by atoms with Crippen molar-refractivity contribution in [1.82, 2.24) is 5.43 Å². The van der Waals surface area contributed by atoms with Crippen LogP contribution in [0, 0.1) is 0 Å². The molecule has 1 atom stereocenters. The lowest BCUT2D eigenvalue weighted by Crippen LogP contribution is -2.33. The summed E-state index contributed by atoms with van der Waals surface area (Å²) in [5.41, 5.74) is 3.51. The Morgan fingerprint density at radius 1 is 1.09 bits per heavy atom. The van der Waals surface area contributed by atoms with E-state index in [9.17, 15) is 4.79 Å². The van der Waals surface area contributed by atoms with E-state index in [0.717, 1.165) is 5.56 Å². The van der Waals surface area contributed by atoms with Crippen molar-refractivity contribution in [3.63, 3.8) is 0 Å². The summed E-state index contributed by atoms with van der Waals surface area (Å²) in [4.78, 5) is 11.8. The second-order valence-corrected chi connectivity index (χ2v) is 4.60. The van der Waals surface area contributed by atoms with E-state index in [0.29, 0.717) is 5.75 Å². The van der Waals surface area contributed by atoms with E-state index >= 15 is 0 Å². The number of para-hydroxylation sites is 1. The SMILES string of the molecule is C[C@@H](Oc1ccccc1)C(=O)N/N=C\C=C\c1ccccc1. The van der Waals surface area contributed by atoms with Crippen LogP contribution in [0.25, 0.3) is 6.08 Å². The van der Waals surface area contributed by atoms with Crippen LogP contribution in [0.15, 0.2) is 71.8 Å². The summed E-state index contributed by atoms with van der Waals surface area (Å²) in [6.07, 6.45) is 4.58. The molecule has 2 aromatic carbocycles. The van der Waals surface area contributed by atoms with Crippen LogP contribution >= 0.6 is 0 Å². The smallest absolute Gasteiger partial charge is 0.280 e. The molecule has 4 nitrogen and oxygen atoms in total. The molecule has 0 bridgehead atoms. The Morgan fingerprint density at radius 2 is 1.73 bits per heavy atom. The first-order valence-corrected chi connectivity index (χ1v) is 7.02. The fraction of sp³-hybridized carbons (Fsp3) is 0.111. The third-order valence-electron chi connectivity index (χ3n) is 2.85. The Bertz CT molecular complexity index is 637. The second-order valence-electron chi connectivity index (χ2n) is 4.60. The number of benzene rings is 2. The van der Waals surface area contributed by atoms with Crippen molar-refractivity contribution >= 4 is 18.2 Å². The molecule has 0 spiro atoms. The topological polar surface area (TPSA) is 50.7 Å². The van der Waals surface area contributed by atoms with Gasteiger partial charge in [0.2, 0.25) is 0 Å². The van der Waals surface area contributed by atoms with Crippen LogP contribution in [-0.2, 0) is 4.79 Å². The number of hydrogen-bond donors (Lipinski definition) is 1. The summed E-state index contributed by atoms with van der Waals surface area (Å²) < 4.78 is 5.50. The molecule has 112 valence electrons. The minimum Gasteiger partial charge on any atom is -0.481 e. The lowest BCUT2D eigenvalue weighted by atomic mass is 10.2. The summed E-state index contributed by atoms with van der Waals surface area (Å²) in [6, 6.07) is 19.0. The maximum atomic E-state index is 11.8. The lowest BCUT2D eigenvalue weighted by molar-refractivity contribution is -0.127. The van der Waals surface area contributed by atoms with E-state index < -0.39 is 6.10 Å². The monoisotopic (exact) mass is 294 g/mol. The molecule has 1 amide bonds. The van der Waals surface area contributed by atoms with Gasteiger partial charge in [0, 0.05) is 6.21 Å². The standard InChI is InChI=1S/C18H18N2O2/c1-15(22-17-12-6-3-7-13-17)18(21)20-19-14-8-11-16-9-4-2-5-10-16/h2-15H,1H3,(H,20,21)/b11-8+,19-14-/t15-/m1/s1. The highest BCUT2D eigenvalue weighted by molar-refractivity contribution is 5.83. The third-order valence-corrected chi connectivity index (χ3v) is 2.85. The van der Waals surface area contributed by atoms with Crippen molar-refractivity contribution in [3.05, 3.63) is 72.3 Å². The summed E-state index contributed by atoms with van der Waals surface area (Å²) in [5.74, 6) is 0.353. The number of rotatable bonds is 6. The van der Waals surface area contributed by atoms with E-state index in [1.807, 2.05) is 54.6 Å². The van der Waals surface area contributed by atoms with Gasteiger partial charge < -0.3 is 4.74 Å². The van der Waals surface area contributed by atoms with E-state index in [2.05, 4.69) is 10.5 Å². The molecule has 2 rings (SSSR count). The highest BCUT2D eigenvalue weighted by Crippen LogP contribution is 2.10. The normalized spacial score (nSPS) is 12.4. The molecule has 0 saturated heterocycles. The van der Waals surface area contributed by atoms with Crippen LogP contribution in [-0.4, -0.2) is 18.2 Å². The predicted molar refractivity (Wildman–Crippen MR) is 88.6 cm³/mol. The quantitative estimate of drug-likeness (QED) is 0.656. The van der Waals surface area contributed by atoms with Crippen molar-refractivity contribution in [2.24, 2.45) is 5.10 Å². The van der Waals surface area contributed by atoms with Crippen LogP contribution in [0.2, 0.25) is 0 Å². The third kappa shape index (κ3) is 5.25. The lowest BCUT2D eigenvalue weighted by Gasteiger charge is -2.12. The van der Waals surface area contributed by atoms with Gasteiger partial charge in [0.1, 0.15) is 5.75 Å². The molecule has 0 aliphatic carbocycles. The molecular formula is C18H18N2O2. The zero-order valence-corrected chi connectivity index (χ0v) is 12.3. The van der Waals surface area contributed by atoms with Crippen molar-refractivity contribution in [3.8, 4) is 5.75 Å². The van der Waals surface area contributed by atoms with Gasteiger partial charge in [-0.15, -0.1) is 0 Å². The molecule has 2 aromatic rings. The zero-order chi connectivity index (χ0) is 15.6. The number of carbonyl (C=O) groups excluding carboxylic acids is 1. The van der Waals surface area contributed by atoms with Gasteiger partial charge in [-0.2, -0.15) is 5.10 Å². The number of carbonyl (C=O) groups is 1. The van der Waals surface area contributed by atoms with Gasteiger partial charge in [-0.05, 0) is 30.7 Å². The molecule has 0 heterocycles. The molecule has 0 aliphatic heterocycles. The number of hydrazone groups is 1. The molecule has 4 heteroatoms. The van der Waals surface area contributed by atoms with E-state index in [4.69, 9.17) is 4.74 Å². The average Bonchev–Trinajstić information content (AvgIpc) is 2.56. The number of hydrogen-bond acceptors (Lipinski definition) is 3. The van der Waals surface area contributed by atoms with Crippen molar-refractivity contribution in [1.29, 1.82) is 0 Å². The highest BCUT2D eigenvalue weighted by atomic mass is 16.5. The van der Waals surface area contributed by atoms with Crippen molar-refractivity contribution in [2.45, 2.75) is 13.0 Å². The van der Waals surface area contributed by atoms with Crippen molar-refractivity contribution < 1.29 is 9.53 Å². The van der Waals surface area contributed by atoms with Crippen molar-refractivity contribution in [2.75, 3.05) is 0 Å². The van der Waals surface area contributed by atoms with Crippen LogP contribution in [0.4, 0.5) is 0 Å². The Balaban J connectivity index is 1.77. The zero-order valence-electron chi connectivity index (χ0n) is 12.3. The summed E-state index contributed by atoms with van der Waals surface area (Å²) in [5, 5.41) is 3.86.